The molecule has 1 aromatic carbocycles. The van der Waals surface area contributed by atoms with Crippen LogP contribution in [-0.2, 0) is 10.0 Å². The number of benzene rings is 1. The van der Waals surface area contributed by atoms with E-state index in [1.165, 1.54) is 6.42 Å². The summed E-state index contributed by atoms with van der Waals surface area (Å²) in [4.78, 5) is 0.244. The molecule has 4 nitrogen and oxygen atoms in total. The van der Waals surface area contributed by atoms with E-state index in [2.05, 4.69) is 11.0 Å². The molecule has 0 heterocycles. The van der Waals surface area contributed by atoms with Crippen molar-refractivity contribution in [2.24, 2.45) is 0 Å². The summed E-state index contributed by atoms with van der Waals surface area (Å²) in [5.74, 6) is 0. The molecular weight excluding hydrogens is 304 g/mol. The third-order valence-corrected chi connectivity index (χ3v) is 6.98. The third-order valence-electron chi connectivity index (χ3n) is 4.16. The molecule has 0 aliphatic heterocycles. The van der Waals surface area contributed by atoms with E-state index in [9.17, 15) is 8.42 Å². The Bertz CT molecular complexity index is 614. The average molecular weight is 329 g/mol. The molecule has 1 saturated carbocycles. The molecule has 0 radical (unpaired) electrons. The number of nitrogens with two attached hydrogens (primary N) is 1. The second kappa shape index (κ2) is 6.58. The number of rotatable bonds is 4. The minimum atomic E-state index is -3.56. The number of anilines is 1. The van der Waals surface area contributed by atoms with E-state index in [1.54, 1.807) is 6.92 Å². The molecule has 0 bridgehead atoms. The first-order valence-electron chi connectivity index (χ1n) is 7.26. The topological polar surface area (TPSA) is 72.2 Å². The van der Waals surface area contributed by atoms with E-state index in [0.717, 1.165) is 24.8 Å². The van der Waals surface area contributed by atoms with Crippen LogP contribution in [0.3, 0.4) is 0 Å². The predicted octanol–water partition coefficient (Wildman–Crippen LogP) is 2.84. The fourth-order valence-electron chi connectivity index (χ4n) is 2.91. The van der Waals surface area contributed by atoms with Crippen molar-refractivity contribution in [2.45, 2.75) is 55.7 Å². The molecule has 0 spiro atoms. The Labute approximate surface area is 131 Å². The predicted molar refractivity (Wildman–Crippen MR) is 90.2 cm³/mol. The molecule has 1 aliphatic carbocycles. The SMILES string of the molecule is CSC1CCCC(NS(=O)(=O)c2c(C)ccc(C)c2N)C1. The summed E-state index contributed by atoms with van der Waals surface area (Å²) in [7, 11) is -3.56. The van der Waals surface area contributed by atoms with Gasteiger partial charge >= 0.3 is 0 Å². The molecule has 0 amide bonds. The lowest BCUT2D eigenvalue weighted by molar-refractivity contribution is 0.421. The Morgan fingerprint density at radius 3 is 2.57 bits per heavy atom. The minimum absolute atomic E-state index is 0.0144. The Hall–Kier alpha value is -0.720. The summed E-state index contributed by atoms with van der Waals surface area (Å²) in [5, 5.41) is 0.544. The lowest BCUT2D eigenvalue weighted by Gasteiger charge is -2.29. The highest BCUT2D eigenvalue weighted by Crippen LogP contribution is 2.30. The molecule has 0 saturated heterocycles. The molecule has 2 atom stereocenters. The van der Waals surface area contributed by atoms with Crippen LogP contribution in [-0.4, -0.2) is 26.0 Å². The van der Waals surface area contributed by atoms with Crippen molar-refractivity contribution in [3.05, 3.63) is 23.3 Å². The van der Waals surface area contributed by atoms with Crippen LogP contribution in [0.15, 0.2) is 17.0 Å². The maximum Gasteiger partial charge on any atom is 0.243 e. The molecule has 1 aromatic rings. The van der Waals surface area contributed by atoms with Gasteiger partial charge in [0.05, 0.1) is 5.69 Å². The average Bonchev–Trinajstić information content (AvgIpc) is 2.42. The van der Waals surface area contributed by atoms with Gasteiger partial charge in [-0.15, -0.1) is 0 Å². The normalized spacial score (nSPS) is 23.2. The first kappa shape index (κ1) is 16.6. The quantitative estimate of drug-likeness (QED) is 0.834. The van der Waals surface area contributed by atoms with E-state index >= 15 is 0 Å². The van der Waals surface area contributed by atoms with Gasteiger partial charge in [0, 0.05) is 11.3 Å². The van der Waals surface area contributed by atoms with Crippen LogP contribution in [0, 0.1) is 13.8 Å². The summed E-state index contributed by atoms with van der Waals surface area (Å²) in [5.41, 5.74) is 7.86. The van der Waals surface area contributed by atoms with Crippen molar-refractivity contribution in [3.8, 4) is 0 Å². The number of nitrogen functional groups attached to an aromatic ring is 1. The fraction of sp³-hybridized carbons (Fsp3) is 0.600. The van der Waals surface area contributed by atoms with Gasteiger partial charge in [-0.05, 0) is 50.5 Å². The zero-order valence-corrected chi connectivity index (χ0v) is 14.5. The summed E-state index contributed by atoms with van der Waals surface area (Å²) < 4.78 is 28.2. The largest absolute Gasteiger partial charge is 0.397 e. The third kappa shape index (κ3) is 3.73. The van der Waals surface area contributed by atoms with Crippen LogP contribution in [0.4, 0.5) is 5.69 Å². The van der Waals surface area contributed by atoms with E-state index in [0.29, 0.717) is 16.5 Å². The standard InChI is InChI=1S/C15H24N2O2S2/c1-10-7-8-11(2)15(14(10)16)21(18,19)17-12-5-4-6-13(9-12)20-3/h7-8,12-13,17H,4-6,9,16H2,1-3H3. The van der Waals surface area contributed by atoms with E-state index in [-0.39, 0.29) is 10.9 Å². The van der Waals surface area contributed by atoms with Gasteiger partial charge < -0.3 is 5.73 Å². The number of hydrogen-bond donors (Lipinski definition) is 2. The molecule has 2 rings (SSSR count). The maximum absolute atomic E-state index is 12.7. The first-order valence-corrected chi connectivity index (χ1v) is 10.0. The first-order chi connectivity index (χ1) is 9.85. The van der Waals surface area contributed by atoms with Gasteiger partial charge in [-0.2, -0.15) is 11.8 Å². The van der Waals surface area contributed by atoms with Crippen molar-refractivity contribution in [2.75, 3.05) is 12.0 Å². The van der Waals surface area contributed by atoms with Gasteiger partial charge in [0.1, 0.15) is 4.90 Å². The highest BCUT2D eigenvalue weighted by molar-refractivity contribution is 7.99. The van der Waals surface area contributed by atoms with E-state index in [4.69, 9.17) is 5.73 Å². The van der Waals surface area contributed by atoms with Crippen LogP contribution in [0.2, 0.25) is 0 Å². The highest BCUT2D eigenvalue weighted by Gasteiger charge is 2.28. The van der Waals surface area contributed by atoms with Crippen LogP contribution < -0.4 is 10.5 Å². The van der Waals surface area contributed by atoms with Gasteiger partial charge in [0.25, 0.3) is 0 Å². The second-order valence-electron chi connectivity index (χ2n) is 5.78. The van der Waals surface area contributed by atoms with E-state index < -0.39 is 10.0 Å². The van der Waals surface area contributed by atoms with Gasteiger partial charge in [0.2, 0.25) is 10.0 Å². The number of sulfonamides is 1. The lowest BCUT2D eigenvalue weighted by atomic mass is 9.96. The van der Waals surface area contributed by atoms with Gasteiger partial charge in [-0.1, -0.05) is 18.6 Å². The van der Waals surface area contributed by atoms with Gasteiger partial charge in [-0.3, -0.25) is 0 Å². The lowest BCUT2D eigenvalue weighted by Crippen LogP contribution is -2.39. The Kier molecular flexibility index (Phi) is 5.22. The molecule has 2 unspecified atom stereocenters. The summed E-state index contributed by atoms with van der Waals surface area (Å²) in [6.07, 6.45) is 6.13. The number of hydrogen-bond acceptors (Lipinski definition) is 4. The van der Waals surface area contributed by atoms with Crippen molar-refractivity contribution in [3.63, 3.8) is 0 Å². The molecule has 3 N–H and O–H groups in total. The zero-order valence-electron chi connectivity index (χ0n) is 12.8. The summed E-state index contributed by atoms with van der Waals surface area (Å²) in [6, 6.07) is 3.68. The van der Waals surface area contributed by atoms with Crippen LogP contribution in [0.1, 0.15) is 36.8 Å². The molecule has 0 aromatic heterocycles. The molecule has 118 valence electrons. The molecule has 6 heteroatoms. The van der Waals surface area contributed by atoms with Crippen molar-refractivity contribution in [1.29, 1.82) is 0 Å². The molecular formula is C15H24N2O2S2. The number of aryl methyl sites for hydroxylation is 2. The van der Waals surface area contributed by atoms with Crippen molar-refractivity contribution in [1.82, 2.24) is 4.72 Å². The van der Waals surface area contributed by atoms with Gasteiger partial charge in [-0.25, -0.2) is 13.1 Å². The number of thioether (sulfide) groups is 1. The number of nitrogens with one attached hydrogen (secondary N) is 1. The van der Waals surface area contributed by atoms with Crippen molar-refractivity contribution >= 4 is 27.5 Å². The zero-order chi connectivity index (χ0) is 15.6. The second-order valence-corrected chi connectivity index (χ2v) is 8.57. The monoisotopic (exact) mass is 328 g/mol. The molecule has 1 aliphatic rings. The van der Waals surface area contributed by atoms with Crippen LogP contribution in [0.25, 0.3) is 0 Å². The Balaban J connectivity index is 2.25. The molecule has 1 fully saturated rings. The summed E-state index contributed by atoms with van der Waals surface area (Å²) in [6.45, 7) is 3.62. The van der Waals surface area contributed by atoms with Crippen LogP contribution >= 0.6 is 11.8 Å². The highest BCUT2D eigenvalue weighted by atomic mass is 32.2. The maximum atomic E-state index is 12.7. The fourth-order valence-corrected chi connectivity index (χ4v) is 5.45. The smallest absolute Gasteiger partial charge is 0.243 e. The van der Waals surface area contributed by atoms with E-state index in [1.807, 2.05) is 30.8 Å². The molecule has 21 heavy (non-hydrogen) atoms. The van der Waals surface area contributed by atoms with Crippen molar-refractivity contribution < 1.29 is 8.42 Å². The Morgan fingerprint density at radius 1 is 1.24 bits per heavy atom. The van der Waals surface area contributed by atoms with Crippen LogP contribution in [0.5, 0.6) is 0 Å². The summed E-state index contributed by atoms with van der Waals surface area (Å²) >= 11 is 1.82. The minimum Gasteiger partial charge on any atom is -0.397 e. The Morgan fingerprint density at radius 2 is 1.90 bits per heavy atom. The van der Waals surface area contributed by atoms with Gasteiger partial charge in [0.15, 0.2) is 0 Å².